The Balaban J connectivity index is 2.54. The summed E-state index contributed by atoms with van der Waals surface area (Å²) in [5.74, 6) is 0.0859. The number of carbonyl (C=O) groups excluding carboxylic acids is 1. The molecule has 1 rings (SSSR count). The molecule has 0 bridgehead atoms. The van der Waals surface area contributed by atoms with E-state index >= 15 is 0 Å². The number of hydrogen-bond acceptors (Lipinski definition) is 5. The van der Waals surface area contributed by atoms with Crippen LogP contribution in [0.15, 0.2) is 16.9 Å². The van der Waals surface area contributed by atoms with Crippen LogP contribution in [-0.4, -0.2) is 28.6 Å². The summed E-state index contributed by atoms with van der Waals surface area (Å²) in [5.41, 5.74) is 0. The first-order chi connectivity index (χ1) is 7.13. The van der Waals surface area contributed by atoms with Crippen LogP contribution < -0.4 is 5.32 Å². The second-order valence-electron chi connectivity index (χ2n) is 2.84. The lowest BCUT2D eigenvalue weighted by Crippen LogP contribution is -2.28. The molecule has 82 valence electrons. The zero-order valence-corrected chi connectivity index (χ0v) is 10.1. The number of ether oxygens (including phenoxy) is 1. The van der Waals surface area contributed by atoms with Gasteiger partial charge in [0.25, 0.3) is 0 Å². The van der Waals surface area contributed by atoms with E-state index in [-0.39, 0.29) is 5.97 Å². The molecule has 0 aromatic carbocycles. The van der Waals surface area contributed by atoms with Crippen molar-refractivity contribution in [1.82, 2.24) is 9.97 Å². The fourth-order valence-corrected chi connectivity index (χ4v) is 1.11. The zero-order chi connectivity index (χ0) is 11.3. The molecule has 1 N–H and O–H groups in total. The van der Waals surface area contributed by atoms with Crippen LogP contribution in [-0.2, 0) is 9.53 Å². The third kappa shape index (κ3) is 3.83. The number of nitrogens with zero attached hydrogens (tertiary/aromatic N) is 2. The van der Waals surface area contributed by atoms with E-state index in [9.17, 15) is 4.79 Å². The average molecular weight is 274 g/mol. The van der Waals surface area contributed by atoms with Crippen LogP contribution in [0.5, 0.6) is 0 Å². The smallest absolute Gasteiger partial charge is 0.328 e. The van der Waals surface area contributed by atoms with Crippen LogP contribution >= 0.6 is 15.9 Å². The van der Waals surface area contributed by atoms with Gasteiger partial charge in [-0.25, -0.2) is 14.8 Å². The lowest BCUT2D eigenvalue weighted by Gasteiger charge is -2.11. The van der Waals surface area contributed by atoms with Crippen molar-refractivity contribution in [1.29, 1.82) is 0 Å². The largest absolute Gasteiger partial charge is 0.464 e. The van der Waals surface area contributed by atoms with Gasteiger partial charge in [-0.3, -0.25) is 0 Å². The molecular weight excluding hydrogens is 262 g/mol. The molecule has 0 aliphatic carbocycles. The number of carbonyl (C=O) groups is 1. The van der Waals surface area contributed by atoms with Crippen LogP contribution in [0.1, 0.15) is 13.8 Å². The fraction of sp³-hybridized carbons (Fsp3) is 0.444. The average Bonchev–Trinajstić information content (AvgIpc) is 2.22. The molecule has 15 heavy (non-hydrogen) atoms. The first kappa shape index (κ1) is 11.9. The van der Waals surface area contributed by atoms with E-state index in [2.05, 4.69) is 31.2 Å². The van der Waals surface area contributed by atoms with Crippen molar-refractivity contribution >= 4 is 27.8 Å². The number of aromatic nitrogens is 2. The Labute approximate surface area is 96.4 Å². The highest BCUT2D eigenvalue weighted by molar-refractivity contribution is 9.10. The van der Waals surface area contributed by atoms with Crippen LogP contribution in [0.3, 0.4) is 0 Å². The minimum absolute atomic E-state index is 0.316. The topological polar surface area (TPSA) is 64.1 Å². The highest BCUT2D eigenvalue weighted by Crippen LogP contribution is 2.07. The molecule has 0 fully saturated rings. The van der Waals surface area contributed by atoms with E-state index in [1.54, 1.807) is 26.2 Å². The van der Waals surface area contributed by atoms with Crippen LogP contribution in [0.4, 0.5) is 5.95 Å². The standard InChI is InChI=1S/C9H12BrN3O2/c1-3-15-8(14)6(2)13-9-11-4-7(10)5-12-9/h4-6H,3H2,1-2H3,(H,11,12,13). The minimum atomic E-state index is -0.453. The van der Waals surface area contributed by atoms with Gasteiger partial charge in [-0.15, -0.1) is 0 Å². The predicted octanol–water partition coefficient (Wildman–Crippen LogP) is 1.60. The van der Waals surface area contributed by atoms with Gasteiger partial charge in [-0.1, -0.05) is 0 Å². The summed E-state index contributed by atoms with van der Waals surface area (Å²) >= 11 is 3.22. The van der Waals surface area contributed by atoms with Gasteiger partial charge < -0.3 is 10.1 Å². The molecule has 1 atom stereocenters. The van der Waals surface area contributed by atoms with Gasteiger partial charge in [-0.05, 0) is 29.8 Å². The van der Waals surface area contributed by atoms with Crippen LogP contribution in [0.25, 0.3) is 0 Å². The molecule has 0 radical (unpaired) electrons. The number of hydrogen-bond donors (Lipinski definition) is 1. The second kappa shape index (κ2) is 5.65. The van der Waals surface area contributed by atoms with E-state index in [0.717, 1.165) is 4.47 Å². The maximum Gasteiger partial charge on any atom is 0.328 e. The first-order valence-electron chi connectivity index (χ1n) is 4.54. The zero-order valence-electron chi connectivity index (χ0n) is 8.53. The monoisotopic (exact) mass is 273 g/mol. The Bertz CT molecular complexity index is 329. The van der Waals surface area contributed by atoms with E-state index in [1.807, 2.05) is 0 Å². The molecule has 0 aliphatic rings. The third-order valence-corrected chi connectivity index (χ3v) is 2.02. The van der Waals surface area contributed by atoms with Gasteiger partial charge in [0.1, 0.15) is 6.04 Å². The summed E-state index contributed by atoms with van der Waals surface area (Å²) in [4.78, 5) is 19.2. The van der Waals surface area contributed by atoms with Gasteiger partial charge in [0.05, 0.1) is 11.1 Å². The van der Waals surface area contributed by atoms with Crippen molar-refractivity contribution in [3.05, 3.63) is 16.9 Å². The molecule has 5 nitrogen and oxygen atoms in total. The van der Waals surface area contributed by atoms with Crippen molar-refractivity contribution in [3.63, 3.8) is 0 Å². The summed E-state index contributed by atoms with van der Waals surface area (Å²) in [6.45, 7) is 3.83. The van der Waals surface area contributed by atoms with Crippen molar-refractivity contribution in [3.8, 4) is 0 Å². The SMILES string of the molecule is CCOC(=O)C(C)Nc1ncc(Br)cn1. The number of rotatable bonds is 4. The maximum absolute atomic E-state index is 11.3. The second-order valence-corrected chi connectivity index (χ2v) is 3.76. The summed E-state index contributed by atoms with van der Waals surface area (Å²) in [5, 5.41) is 2.84. The van der Waals surface area contributed by atoms with Crippen molar-refractivity contribution in [2.45, 2.75) is 19.9 Å². The Morgan fingerprint density at radius 1 is 1.60 bits per heavy atom. The number of nitrogens with one attached hydrogen (secondary N) is 1. The fourth-order valence-electron chi connectivity index (χ4n) is 0.907. The molecule has 0 amide bonds. The Kier molecular flexibility index (Phi) is 4.48. The molecule has 1 heterocycles. The molecule has 0 saturated heterocycles. The van der Waals surface area contributed by atoms with Gasteiger partial charge in [0, 0.05) is 12.4 Å². The highest BCUT2D eigenvalue weighted by atomic mass is 79.9. The van der Waals surface area contributed by atoms with Crippen molar-refractivity contribution < 1.29 is 9.53 Å². The van der Waals surface area contributed by atoms with Gasteiger partial charge in [0.2, 0.25) is 5.95 Å². The molecule has 1 aromatic heterocycles. The van der Waals surface area contributed by atoms with E-state index < -0.39 is 6.04 Å². The predicted molar refractivity (Wildman–Crippen MR) is 59.4 cm³/mol. The number of anilines is 1. The van der Waals surface area contributed by atoms with E-state index in [4.69, 9.17) is 4.74 Å². The number of esters is 1. The first-order valence-corrected chi connectivity index (χ1v) is 5.33. The number of halogens is 1. The molecule has 1 unspecified atom stereocenters. The summed E-state index contributed by atoms with van der Waals surface area (Å²) in [6.07, 6.45) is 3.21. The normalized spacial score (nSPS) is 11.9. The molecule has 6 heteroatoms. The Hall–Kier alpha value is -1.17. The van der Waals surface area contributed by atoms with Gasteiger partial charge >= 0.3 is 5.97 Å². The van der Waals surface area contributed by atoms with E-state index in [0.29, 0.717) is 12.6 Å². The van der Waals surface area contributed by atoms with Gasteiger partial charge in [0.15, 0.2) is 0 Å². The van der Waals surface area contributed by atoms with Crippen LogP contribution in [0.2, 0.25) is 0 Å². The Morgan fingerprint density at radius 3 is 2.73 bits per heavy atom. The quantitative estimate of drug-likeness (QED) is 0.845. The highest BCUT2D eigenvalue weighted by Gasteiger charge is 2.14. The summed E-state index contributed by atoms with van der Waals surface area (Å²) < 4.78 is 5.62. The van der Waals surface area contributed by atoms with Crippen molar-refractivity contribution in [2.75, 3.05) is 11.9 Å². The lowest BCUT2D eigenvalue weighted by molar-refractivity contribution is -0.143. The molecule has 1 aromatic rings. The third-order valence-electron chi connectivity index (χ3n) is 1.61. The molecule has 0 spiro atoms. The molecule has 0 aliphatic heterocycles. The Morgan fingerprint density at radius 2 is 2.20 bits per heavy atom. The molecular formula is C9H12BrN3O2. The maximum atomic E-state index is 11.3. The van der Waals surface area contributed by atoms with Crippen LogP contribution in [0, 0.1) is 0 Å². The lowest BCUT2D eigenvalue weighted by atomic mass is 10.3. The summed E-state index contributed by atoms with van der Waals surface area (Å²) in [7, 11) is 0. The summed E-state index contributed by atoms with van der Waals surface area (Å²) in [6, 6.07) is -0.453. The van der Waals surface area contributed by atoms with Gasteiger partial charge in [-0.2, -0.15) is 0 Å². The van der Waals surface area contributed by atoms with E-state index in [1.165, 1.54) is 0 Å². The minimum Gasteiger partial charge on any atom is -0.464 e. The molecule has 0 saturated carbocycles. The van der Waals surface area contributed by atoms with Crippen molar-refractivity contribution in [2.24, 2.45) is 0 Å².